The van der Waals surface area contributed by atoms with Crippen molar-refractivity contribution >= 4 is 15.9 Å². The molecule has 0 aromatic heterocycles. The van der Waals surface area contributed by atoms with Crippen molar-refractivity contribution in [1.29, 1.82) is 0 Å². The fourth-order valence-electron chi connectivity index (χ4n) is 5.75. The van der Waals surface area contributed by atoms with Gasteiger partial charge in [-0.25, -0.2) is 0 Å². The Morgan fingerprint density at radius 1 is 0.514 bits per heavy atom. The molecule has 1 aliphatic heterocycles. The predicted octanol–water partition coefficient (Wildman–Crippen LogP) is 12.3. The molecule has 3 atom stereocenters. The van der Waals surface area contributed by atoms with Gasteiger partial charge in [0.2, 0.25) is 0 Å². The smallest absolute Gasteiger partial charge is 0.0867 e. The van der Waals surface area contributed by atoms with Crippen LogP contribution < -0.4 is 0 Å². The van der Waals surface area contributed by atoms with E-state index in [4.69, 9.17) is 4.74 Å². The molecule has 0 radical (unpaired) electrons. The second kappa shape index (κ2) is 26.1. The van der Waals surface area contributed by atoms with E-state index in [1.807, 2.05) is 0 Å². The molecule has 1 aliphatic rings. The lowest BCUT2D eigenvalue weighted by molar-refractivity contribution is 0.307. The van der Waals surface area contributed by atoms with Crippen LogP contribution in [-0.2, 0) is 4.74 Å². The Balaban J connectivity index is 1.75. The molecule has 0 aromatic carbocycles. The molecule has 0 spiro atoms. The first-order valence-electron chi connectivity index (χ1n) is 16.5. The van der Waals surface area contributed by atoms with Crippen molar-refractivity contribution < 1.29 is 4.74 Å². The lowest BCUT2D eigenvalue weighted by Gasteiger charge is -2.08. The number of epoxide rings is 1. The molecule has 210 valence electrons. The number of alkyl halides is 1. The van der Waals surface area contributed by atoms with E-state index in [1.165, 1.54) is 179 Å². The van der Waals surface area contributed by atoms with Crippen LogP contribution >= 0.6 is 15.9 Å². The van der Waals surface area contributed by atoms with Gasteiger partial charge in [-0.3, -0.25) is 0 Å². The molecule has 1 heterocycles. The first kappa shape index (κ1) is 33.5. The summed E-state index contributed by atoms with van der Waals surface area (Å²) in [6, 6.07) is 0. The third-order valence-electron chi connectivity index (χ3n) is 8.32. The van der Waals surface area contributed by atoms with Crippen molar-refractivity contribution in [2.75, 3.05) is 5.33 Å². The molecular formula is C33H65BrO. The van der Waals surface area contributed by atoms with Crippen LogP contribution in [0.4, 0.5) is 0 Å². The van der Waals surface area contributed by atoms with Crippen molar-refractivity contribution in [2.45, 2.75) is 199 Å². The number of hydrogen-bond acceptors (Lipinski definition) is 1. The van der Waals surface area contributed by atoms with Gasteiger partial charge in [0.1, 0.15) is 0 Å². The first-order chi connectivity index (χ1) is 17.3. The first-order valence-corrected chi connectivity index (χ1v) is 17.6. The molecule has 0 amide bonds. The minimum Gasteiger partial charge on any atom is -0.369 e. The van der Waals surface area contributed by atoms with Crippen LogP contribution in [-0.4, -0.2) is 17.5 Å². The Hall–Kier alpha value is 0.440. The van der Waals surface area contributed by atoms with Gasteiger partial charge in [-0.15, -0.1) is 0 Å². The summed E-state index contributed by atoms with van der Waals surface area (Å²) in [5, 5.41) is 1.18. The maximum atomic E-state index is 6.05. The second-order valence-electron chi connectivity index (χ2n) is 11.9. The highest BCUT2D eigenvalue weighted by molar-refractivity contribution is 9.09. The third-order valence-corrected chi connectivity index (χ3v) is 8.88. The van der Waals surface area contributed by atoms with Gasteiger partial charge < -0.3 is 4.74 Å². The lowest BCUT2D eigenvalue weighted by Crippen LogP contribution is -2.07. The zero-order valence-electron chi connectivity index (χ0n) is 24.3. The van der Waals surface area contributed by atoms with Gasteiger partial charge in [0, 0.05) is 5.33 Å². The number of rotatable bonds is 29. The highest BCUT2D eigenvalue weighted by atomic mass is 79.9. The Labute approximate surface area is 230 Å². The molecule has 1 fully saturated rings. The van der Waals surface area contributed by atoms with Crippen molar-refractivity contribution in [1.82, 2.24) is 0 Å². The van der Waals surface area contributed by atoms with Gasteiger partial charge in [0.25, 0.3) is 0 Å². The average Bonchev–Trinajstić information content (AvgIpc) is 3.64. The van der Waals surface area contributed by atoms with E-state index in [1.54, 1.807) is 0 Å². The zero-order chi connectivity index (χ0) is 25.2. The average molecular weight is 558 g/mol. The van der Waals surface area contributed by atoms with E-state index in [0.717, 1.165) is 5.92 Å². The van der Waals surface area contributed by atoms with Crippen LogP contribution in [0.3, 0.4) is 0 Å². The summed E-state index contributed by atoms with van der Waals surface area (Å²) in [5.41, 5.74) is 0. The Morgan fingerprint density at radius 2 is 0.886 bits per heavy atom. The predicted molar refractivity (Wildman–Crippen MR) is 162 cm³/mol. The minimum atomic E-state index is 0.599. The van der Waals surface area contributed by atoms with Crippen LogP contribution in [0.5, 0.6) is 0 Å². The van der Waals surface area contributed by atoms with Crippen molar-refractivity contribution in [3.05, 3.63) is 0 Å². The molecule has 0 saturated carbocycles. The lowest BCUT2D eigenvalue weighted by atomic mass is 9.95. The Morgan fingerprint density at radius 3 is 1.31 bits per heavy atom. The van der Waals surface area contributed by atoms with Crippen LogP contribution in [0.2, 0.25) is 0 Å². The molecule has 35 heavy (non-hydrogen) atoms. The molecule has 0 bridgehead atoms. The summed E-state index contributed by atoms with van der Waals surface area (Å²) in [4.78, 5) is 0. The normalized spacial score (nSPS) is 18.3. The third kappa shape index (κ3) is 22.2. The van der Waals surface area contributed by atoms with Crippen LogP contribution in [0.25, 0.3) is 0 Å². The van der Waals surface area contributed by atoms with Crippen LogP contribution in [0.15, 0.2) is 0 Å². The topological polar surface area (TPSA) is 12.5 Å². The molecule has 0 N–H and O–H groups in total. The number of unbranched alkanes of at least 4 members (excludes halogenated alkanes) is 23. The van der Waals surface area contributed by atoms with Crippen LogP contribution in [0, 0.1) is 5.92 Å². The van der Waals surface area contributed by atoms with E-state index < -0.39 is 0 Å². The molecule has 1 nitrogen and oxygen atoms in total. The van der Waals surface area contributed by atoms with Crippen LogP contribution in [0.1, 0.15) is 187 Å². The number of hydrogen-bond donors (Lipinski definition) is 0. The summed E-state index contributed by atoms with van der Waals surface area (Å²) in [6.45, 7) is 4.74. The monoisotopic (exact) mass is 556 g/mol. The maximum absolute atomic E-state index is 6.05. The summed E-state index contributed by atoms with van der Waals surface area (Å²) in [5.74, 6) is 0.784. The second-order valence-corrected chi connectivity index (χ2v) is 12.7. The van der Waals surface area contributed by atoms with E-state index in [0.29, 0.717) is 12.2 Å². The fraction of sp³-hybridized carbons (Fsp3) is 1.00. The van der Waals surface area contributed by atoms with Crippen molar-refractivity contribution in [3.8, 4) is 0 Å². The molecule has 2 heteroatoms. The Bertz CT molecular complexity index is 412. The van der Waals surface area contributed by atoms with E-state index >= 15 is 0 Å². The molecule has 1 rings (SSSR count). The fourth-order valence-corrected chi connectivity index (χ4v) is 6.14. The minimum absolute atomic E-state index is 0.599. The van der Waals surface area contributed by atoms with Gasteiger partial charge in [0.15, 0.2) is 0 Å². The van der Waals surface area contributed by atoms with Gasteiger partial charge in [-0.1, -0.05) is 184 Å². The van der Waals surface area contributed by atoms with E-state index in [2.05, 4.69) is 29.8 Å². The Kier molecular flexibility index (Phi) is 24.9. The summed E-state index contributed by atoms with van der Waals surface area (Å²) >= 11 is 3.52. The largest absolute Gasteiger partial charge is 0.369 e. The van der Waals surface area contributed by atoms with Gasteiger partial charge in [-0.05, 0) is 25.2 Å². The van der Waals surface area contributed by atoms with E-state index in [9.17, 15) is 0 Å². The summed E-state index contributed by atoms with van der Waals surface area (Å²) in [6.07, 6.45) is 40.0. The van der Waals surface area contributed by atoms with Crippen molar-refractivity contribution in [2.24, 2.45) is 5.92 Å². The highest BCUT2D eigenvalue weighted by Crippen LogP contribution is 2.35. The zero-order valence-corrected chi connectivity index (χ0v) is 25.9. The van der Waals surface area contributed by atoms with Gasteiger partial charge in [-0.2, -0.15) is 0 Å². The number of halogens is 1. The summed E-state index contributed by atoms with van der Waals surface area (Å²) < 4.78 is 6.05. The molecule has 0 aromatic rings. The van der Waals surface area contributed by atoms with Gasteiger partial charge >= 0.3 is 0 Å². The van der Waals surface area contributed by atoms with Gasteiger partial charge in [0.05, 0.1) is 12.2 Å². The standard InChI is InChI=1S/C33H65BrO/c1-3-4-5-6-7-8-9-10-11-13-16-19-22-25-28-31(2)33-32(35-33)29-26-23-20-17-14-12-15-18-21-24-27-30-34/h31-33H,3-30H2,1-2H3/t31-,32+,33+/m1/s1. The highest BCUT2D eigenvalue weighted by Gasteiger charge is 2.41. The molecule has 0 aliphatic carbocycles. The maximum Gasteiger partial charge on any atom is 0.0867 e. The SMILES string of the molecule is CCCCCCCCCCCCCCCC[C@@H](C)[C@@H]1O[C@H]1CCCCCCCCCCCCCBr. The summed E-state index contributed by atoms with van der Waals surface area (Å²) in [7, 11) is 0. The van der Waals surface area contributed by atoms with Crippen molar-refractivity contribution in [3.63, 3.8) is 0 Å². The quantitative estimate of drug-likeness (QED) is 0.0506. The molecule has 1 saturated heterocycles. The van der Waals surface area contributed by atoms with E-state index in [-0.39, 0.29) is 0 Å². The molecular weight excluding hydrogens is 492 g/mol. The molecule has 0 unspecified atom stereocenters. The number of ether oxygens (including phenoxy) is 1.